The number of fused-ring (bicyclic) bond motifs is 1. The molecule has 0 spiro atoms. The molecule has 0 radical (unpaired) electrons. The van der Waals surface area contributed by atoms with Crippen molar-refractivity contribution in [1.82, 2.24) is 34.4 Å². The average Bonchev–Trinajstić information content (AvgIpc) is 3.78. The average molecular weight is 565 g/mol. The van der Waals surface area contributed by atoms with Crippen molar-refractivity contribution in [1.29, 1.82) is 0 Å². The van der Waals surface area contributed by atoms with E-state index in [1.165, 1.54) is 11.3 Å². The summed E-state index contributed by atoms with van der Waals surface area (Å²) in [7, 11) is 0. The molecule has 0 atom stereocenters. The Morgan fingerprint density at radius 1 is 1.12 bits per heavy atom. The highest BCUT2D eigenvalue weighted by Crippen LogP contribution is 2.28. The molecule has 10 nitrogen and oxygen atoms in total. The van der Waals surface area contributed by atoms with Gasteiger partial charge in [0.05, 0.1) is 11.3 Å². The summed E-state index contributed by atoms with van der Waals surface area (Å²) in [5.41, 5.74) is 4.08. The Kier molecular flexibility index (Phi) is 6.65. The summed E-state index contributed by atoms with van der Waals surface area (Å²) < 4.78 is 9.67. The third-order valence-corrected chi connectivity index (χ3v) is 8.10. The number of hydrogen-bond acceptors (Lipinski definition) is 9. The Bertz CT molecular complexity index is 1830. The van der Waals surface area contributed by atoms with Gasteiger partial charge in [0.25, 0.3) is 5.56 Å². The minimum Gasteiger partial charge on any atom is -0.490 e. The zero-order valence-electron chi connectivity index (χ0n) is 22.4. The van der Waals surface area contributed by atoms with Crippen LogP contribution in [0.1, 0.15) is 25.0 Å². The zero-order valence-corrected chi connectivity index (χ0v) is 23.3. The quantitative estimate of drug-likeness (QED) is 0.281. The van der Waals surface area contributed by atoms with Crippen LogP contribution < -0.4 is 20.9 Å². The lowest BCUT2D eigenvalue weighted by Crippen LogP contribution is -2.34. The molecule has 2 N–H and O–H groups in total. The summed E-state index contributed by atoms with van der Waals surface area (Å²) >= 11 is 1.37. The number of anilines is 2. The molecule has 1 fully saturated rings. The third-order valence-electron chi connectivity index (χ3n) is 7.34. The summed E-state index contributed by atoms with van der Waals surface area (Å²) in [4.78, 5) is 32.4. The number of imidazole rings is 1. The molecular weight excluding hydrogens is 536 g/mol. The van der Waals surface area contributed by atoms with Gasteiger partial charge in [-0.2, -0.15) is 4.98 Å². The number of thiazole rings is 1. The second-order valence-corrected chi connectivity index (χ2v) is 10.9. The Hall–Kier alpha value is -4.61. The summed E-state index contributed by atoms with van der Waals surface area (Å²) in [6.07, 6.45) is 14.6. The van der Waals surface area contributed by atoms with E-state index in [1.54, 1.807) is 23.3 Å². The van der Waals surface area contributed by atoms with Crippen LogP contribution in [0.15, 0.2) is 77.5 Å². The molecule has 1 aliphatic heterocycles. The van der Waals surface area contributed by atoms with Gasteiger partial charge in [0.2, 0.25) is 5.95 Å². The van der Waals surface area contributed by atoms with Crippen molar-refractivity contribution in [3.63, 3.8) is 0 Å². The van der Waals surface area contributed by atoms with Gasteiger partial charge in [-0.15, -0.1) is 11.3 Å². The molecule has 1 aliphatic carbocycles. The number of nitrogens with zero attached hydrogens (tertiary/aromatic N) is 6. The van der Waals surface area contributed by atoms with Crippen molar-refractivity contribution in [3.05, 3.63) is 88.7 Å². The highest BCUT2D eigenvalue weighted by Gasteiger charge is 2.21. The standard InChI is InChI=1S/C30H28N8O2S/c1-19-26(34-18-37(19)22-4-2-3-5-22)25-16-20-17-33-29(36-27(20)38(28(25)39)30-32-14-15-41-30)35-21-6-8-23(9-7-21)40-24-10-12-31-13-11-24/h2,4-9,14-18,24,31H,3,10-13H2,1H3,(H,33,35,36). The summed E-state index contributed by atoms with van der Waals surface area (Å²) in [6, 6.07) is 9.59. The molecule has 0 bridgehead atoms. The predicted octanol–water partition coefficient (Wildman–Crippen LogP) is 5.08. The lowest BCUT2D eigenvalue weighted by molar-refractivity contribution is 0.162. The first-order valence-electron chi connectivity index (χ1n) is 13.6. The Morgan fingerprint density at radius 3 is 2.73 bits per heavy atom. The minimum absolute atomic E-state index is 0.235. The Balaban J connectivity index is 1.23. The number of allylic oxidation sites excluding steroid dienone is 4. The molecule has 7 rings (SSSR count). The lowest BCUT2D eigenvalue weighted by Gasteiger charge is -2.23. The molecule has 0 saturated carbocycles. The topological polar surface area (TPSA) is 112 Å². The molecule has 1 saturated heterocycles. The van der Waals surface area contributed by atoms with Crippen molar-refractivity contribution in [2.45, 2.75) is 32.3 Å². The maximum atomic E-state index is 14.0. The molecule has 11 heteroatoms. The highest BCUT2D eigenvalue weighted by molar-refractivity contribution is 7.12. The van der Waals surface area contributed by atoms with Gasteiger partial charge >= 0.3 is 0 Å². The van der Waals surface area contributed by atoms with Gasteiger partial charge in [0, 0.05) is 40.2 Å². The molecule has 4 aromatic heterocycles. The monoisotopic (exact) mass is 564 g/mol. The van der Waals surface area contributed by atoms with Crippen LogP contribution >= 0.6 is 11.3 Å². The van der Waals surface area contributed by atoms with E-state index in [0.717, 1.165) is 55.2 Å². The van der Waals surface area contributed by atoms with Crippen LogP contribution in [-0.2, 0) is 0 Å². The van der Waals surface area contributed by atoms with Gasteiger partial charge in [-0.05, 0) is 75.7 Å². The molecule has 2 aliphatic rings. The van der Waals surface area contributed by atoms with Gasteiger partial charge in [-0.3, -0.25) is 4.79 Å². The van der Waals surface area contributed by atoms with E-state index in [9.17, 15) is 4.79 Å². The van der Waals surface area contributed by atoms with Crippen LogP contribution in [0.25, 0.3) is 33.1 Å². The second kappa shape index (κ2) is 10.8. The normalized spacial score (nSPS) is 15.4. The summed E-state index contributed by atoms with van der Waals surface area (Å²) in [5, 5.41) is 9.70. The van der Waals surface area contributed by atoms with Crippen molar-refractivity contribution in [2.24, 2.45) is 0 Å². The van der Waals surface area contributed by atoms with E-state index in [1.807, 2.05) is 47.2 Å². The molecule has 41 heavy (non-hydrogen) atoms. The first-order chi connectivity index (χ1) is 20.1. The number of benzene rings is 1. The molecule has 5 heterocycles. The van der Waals surface area contributed by atoms with E-state index in [-0.39, 0.29) is 11.7 Å². The number of piperidine rings is 1. The molecule has 0 unspecified atom stereocenters. The molecule has 0 amide bonds. The Morgan fingerprint density at radius 2 is 1.98 bits per heavy atom. The maximum absolute atomic E-state index is 14.0. The summed E-state index contributed by atoms with van der Waals surface area (Å²) in [5.74, 6) is 1.22. The second-order valence-electron chi connectivity index (χ2n) is 10.0. The SMILES string of the molecule is Cc1c(-c2cc3cnc(Nc4ccc(OC5CCNCC5)cc4)nc3n(-c3nccs3)c2=O)ncn1C1=CCC=C1. The predicted molar refractivity (Wildman–Crippen MR) is 161 cm³/mol. The van der Waals surface area contributed by atoms with Crippen LogP contribution in [0.2, 0.25) is 0 Å². The molecule has 206 valence electrons. The maximum Gasteiger partial charge on any atom is 0.268 e. The smallest absolute Gasteiger partial charge is 0.268 e. The van der Waals surface area contributed by atoms with E-state index in [2.05, 4.69) is 43.8 Å². The van der Waals surface area contributed by atoms with Gasteiger partial charge in [-0.1, -0.05) is 12.2 Å². The fourth-order valence-electron chi connectivity index (χ4n) is 5.24. The van der Waals surface area contributed by atoms with E-state index < -0.39 is 0 Å². The highest BCUT2D eigenvalue weighted by atomic mass is 32.1. The van der Waals surface area contributed by atoms with Crippen LogP contribution in [-0.4, -0.2) is 48.3 Å². The van der Waals surface area contributed by atoms with E-state index >= 15 is 0 Å². The number of ether oxygens (including phenoxy) is 1. The Labute approximate surface area is 240 Å². The number of nitrogens with one attached hydrogen (secondary N) is 2. The van der Waals surface area contributed by atoms with E-state index in [0.29, 0.717) is 33.4 Å². The first kappa shape index (κ1) is 25.4. The van der Waals surface area contributed by atoms with Crippen molar-refractivity contribution >= 4 is 39.7 Å². The number of aromatic nitrogens is 6. The van der Waals surface area contributed by atoms with Crippen molar-refractivity contribution in [2.75, 3.05) is 18.4 Å². The van der Waals surface area contributed by atoms with Crippen molar-refractivity contribution in [3.8, 4) is 22.1 Å². The van der Waals surface area contributed by atoms with Gasteiger partial charge in [0.15, 0.2) is 10.8 Å². The molecule has 5 aromatic rings. The fourth-order valence-corrected chi connectivity index (χ4v) is 5.88. The van der Waals surface area contributed by atoms with Gasteiger partial charge < -0.3 is 19.9 Å². The summed E-state index contributed by atoms with van der Waals surface area (Å²) in [6.45, 7) is 3.94. The number of rotatable bonds is 7. The largest absolute Gasteiger partial charge is 0.490 e. The van der Waals surface area contributed by atoms with Crippen LogP contribution in [0.5, 0.6) is 5.75 Å². The van der Waals surface area contributed by atoms with Crippen LogP contribution in [0.4, 0.5) is 11.6 Å². The van der Waals surface area contributed by atoms with Gasteiger partial charge in [-0.25, -0.2) is 19.5 Å². The number of pyridine rings is 1. The van der Waals surface area contributed by atoms with Crippen LogP contribution in [0, 0.1) is 6.92 Å². The minimum atomic E-state index is -0.235. The first-order valence-corrected chi connectivity index (χ1v) is 14.5. The molecule has 1 aromatic carbocycles. The van der Waals surface area contributed by atoms with Gasteiger partial charge in [0.1, 0.15) is 18.2 Å². The fraction of sp³-hybridized carbons (Fsp3) is 0.233. The number of hydrogen-bond donors (Lipinski definition) is 2. The van der Waals surface area contributed by atoms with E-state index in [4.69, 9.17) is 9.72 Å². The zero-order chi connectivity index (χ0) is 27.8. The van der Waals surface area contributed by atoms with Crippen molar-refractivity contribution < 1.29 is 4.74 Å². The van der Waals surface area contributed by atoms with Crippen LogP contribution in [0.3, 0.4) is 0 Å². The lowest BCUT2D eigenvalue weighted by atomic mass is 10.1. The third kappa shape index (κ3) is 4.94. The molecular formula is C30H28N8O2S.